The fraction of sp³-hybridized carbons (Fsp3) is 1.00. The molecule has 1 heterocycles. The van der Waals surface area contributed by atoms with E-state index in [0.717, 1.165) is 5.99 Å². The minimum atomic E-state index is 1.03. The van der Waals surface area contributed by atoms with Crippen LogP contribution in [-0.4, -0.2) is 11.7 Å². The molecule has 0 saturated carbocycles. The van der Waals surface area contributed by atoms with Crippen molar-refractivity contribution in [3.8, 4) is 0 Å². The highest BCUT2D eigenvalue weighted by Crippen LogP contribution is 2.27. The van der Waals surface area contributed by atoms with Crippen molar-refractivity contribution in [2.24, 2.45) is 0 Å². The van der Waals surface area contributed by atoms with E-state index in [1.54, 1.807) is 0 Å². The Morgan fingerprint density at radius 3 is 2.60 bits per heavy atom. The number of hydrogen-bond donors (Lipinski definition) is 0. The molecule has 0 spiro atoms. The minimum Gasteiger partial charge on any atom is -0.210 e. The van der Waals surface area contributed by atoms with Gasteiger partial charge in [-0.05, 0) is 12.2 Å². The maximum absolute atomic E-state index is 2.27. The summed E-state index contributed by atoms with van der Waals surface area (Å²) >= 11 is 2.21. The van der Waals surface area contributed by atoms with Crippen LogP contribution in [0.2, 0.25) is 12.6 Å². The highest BCUT2D eigenvalue weighted by molar-refractivity contribution is 8.25. The molecule has 0 N–H and O–H groups in total. The molecule has 0 unspecified atom stereocenters. The standard InChI is InChI=1S/C8H17BS/c1-2-3-8-10-9-6-4-5-7-9/h2-8H2,1H3. The van der Waals surface area contributed by atoms with Crippen molar-refractivity contribution in [1.82, 2.24) is 0 Å². The molecule has 0 nitrogen and oxygen atoms in total. The third kappa shape index (κ3) is 3.00. The van der Waals surface area contributed by atoms with E-state index in [1.807, 2.05) is 0 Å². The summed E-state index contributed by atoms with van der Waals surface area (Å²) in [7, 11) is 0. The molecule has 10 heavy (non-hydrogen) atoms. The van der Waals surface area contributed by atoms with Gasteiger partial charge in [0.25, 0.3) is 0 Å². The van der Waals surface area contributed by atoms with Gasteiger partial charge < -0.3 is 0 Å². The van der Waals surface area contributed by atoms with Crippen molar-refractivity contribution >= 4 is 17.6 Å². The third-order valence-electron chi connectivity index (χ3n) is 2.15. The second-order valence-corrected chi connectivity index (χ2v) is 4.54. The predicted molar refractivity (Wildman–Crippen MR) is 52.0 cm³/mol. The molecule has 1 fully saturated rings. The Morgan fingerprint density at radius 2 is 2.00 bits per heavy atom. The summed E-state index contributed by atoms with van der Waals surface area (Å²) in [4.78, 5) is 0. The van der Waals surface area contributed by atoms with E-state index in [4.69, 9.17) is 0 Å². The third-order valence-corrected chi connectivity index (χ3v) is 3.62. The lowest BCUT2D eigenvalue weighted by atomic mass is 9.75. The average molecular weight is 156 g/mol. The molecule has 0 bridgehead atoms. The Bertz CT molecular complexity index is 79.3. The Kier molecular flexibility index (Phi) is 4.35. The van der Waals surface area contributed by atoms with Gasteiger partial charge in [-0.1, -0.05) is 38.8 Å². The van der Waals surface area contributed by atoms with Gasteiger partial charge in [0.1, 0.15) is 0 Å². The van der Waals surface area contributed by atoms with Gasteiger partial charge in [-0.25, -0.2) is 11.6 Å². The molecule has 0 aromatic rings. The Labute approximate surface area is 69.1 Å². The van der Waals surface area contributed by atoms with E-state index in [-0.39, 0.29) is 0 Å². The first kappa shape index (κ1) is 8.51. The molecular weight excluding hydrogens is 139 g/mol. The molecule has 1 aliphatic rings. The second kappa shape index (κ2) is 5.12. The summed E-state index contributed by atoms with van der Waals surface area (Å²) in [5.74, 6) is 2.44. The van der Waals surface area contributed by atoms with E-state index in [2.05, 4.69) is 18.5 Å². The SMILES string of the molecule is CCCCSB1CCCC1. The van der Waals surface area contributed by atoms with Crippen molar-refractivity contribution in [3.05, 3.63) is 0 Å². The van der Waals surface area contributed by atoms with Crippen LogP contribution in [-0.2, 0) is 0 Å². The van der Waals surface area contributed by atoms with Gasteiger partial charge in [-0.2, -0.15) is 0 Å². The van der Waals surface area contributed by atoms with Crippen LogP contribution in [0.3, 0.4) is 0 Å². The Morgan fingerprint density at radius 1 is 1.30 bits per heavy atom. The lowest BCUT2D eigenvalue weighted by Gasteiger charge is -2.02. The molecule has 1 saturated heterocycles. The van der Waals surface area contributed by atoms with Crippen LogP contribution in [0.25, 0.3) is 0 Å². The largest absolute Gasteiger partial charge is 0.210 e. The first-order chi connectivity index (χ1) is 4.93. The number of unbranched alkanes of at least 4 members (excludes halogenated alkanes) is 1. The lowest BCUT2D eigenvalue weighted by molar-refractivity contribution is 0.898. The summed E-state index contributed by atoms with van der Waals surface area (Å²) in [5, 5.41) is 0. The maximum atomic E-state index is 2.27. The molecule has 0 aliphatic carbocycles. The van der Waals surface area contributed by atoms with Gasteiger partial charge in [-0.3, -0.25) is 0 Å². The zero-order chi connectivity index (χ0) is 7.23. The van der Waals surface area contributed by atoms with E-state index < -0.39 is 0 Å². The van der Waals surface area contributed by atoms with Crippen molar-refractivity contribution in [3.63, 3.8) is 0 Å². The van der Waals surface area contributed by atoms with Gasteiger partial charge in [0, 0.05) is 0 Å². The van der Waals surface area contributed by atoms with Crippen molar-refractivity contribution < 1.29 is 0 Å². The summed E-state index contributed by atoms with van der Waals surface area (Å²) in [5.41, 5.74) is 0. The highest BCUT2D eigenvalue weighted by Gasteiger charge is 2.18. The van der Waals surface area contributed by atoms with Gasteiger partial charge in [-0.15, -0.1) is 0 Å². The predicted octanol–water partition coefficient (Wildman–Crippen LogP) is 3.31. The van der Waals surface area contributed by atoms with Crippen molar-refractivity contribution in [2.45, 2.75) is 45.2 Å². The smallest absolute Gasteiger partial charge is 0.209 e. The molecule has 0 radical (unpaired) electrons. The zero-order valence-electron chi connectivity index (χ0n) is 6.94. The van der Waals surface area contributed by atoms with Crippen LogP contribution in [0.1, 0.15) is 32.6 Å². The van der Waals surface area contributed by atoms with Crippen LogP contribution in [0.4, 0.5) is 0 Å². The molecule has 0 atom stereocenters. The lowest BCUT2D eigenvalue weighted by Crippen LogP contribution is -2.00. The maximum Gasteiger partial charge on any atom is 0.209 e. The molecule has 0 aromatic heterocycles. The number of rotatable bonds is 4. The normalized spacial score (nSPS) is 18.3. The molecule has 0 amide bonds. The van der Waals surface area contributed by atoms with Crippen LogP contribution in [0, 0.1) is 0 Å². The van der Waals surface area contributed by atoms with Crippen LogP contribution >= 0.6 is 11.6 Å². The molecule has 1 rings (SSSR count). The molecule has 1 aliphatic heterocycles. The van der Waals surface area contributed by atoms with Crippen LogP contribution < -0.4 is 0 Å². The van der Waals surface area contributed by atoms with Crippen LogP contribution in [0.15, 0.2) is 0 Å². The van der Waals surface area contributed by atoms with Gasteiger partial charge in [0.2, 0.25) is 5.99 Å². The average Bonchev–Trinajstić information content (AvgIpc) is 2.41. The Hall–Kier alpha value is 0.415. The molecule has 58 valence electrons. The Balaban J connectivity index is 1.91. The minimum absolute atomic E-state index is 1.03. The summed E-state index contributed by atoms with van der Waals surface area (Å²) in [6.45, 7) is 2.27. The second-order valence-electron chi connectivity index (χ2n) is 3.13. The van der Waals surface area contributed by atoms with E-state index in [0.29, 0.717) is 0 Å². The van der Waals surface area contributed by atoms with Gasteiger partial charge in [0.15, 0.2) is 0 Å². The summed E-state index contributed by atoms with van der Waals surface area (Å²) < 4.78 is 0. The van der Waals surface area contributed by atoms with Crippen molar-refractivity contribution in [2.75, 3.05) is 5.75 Å². The fourth-order valence-corrected chi connectivity index (χ4v) is 2.90. The quantitative estimate of drug-likeness (QED) is 0.444. The van der Waals surface area contributed by atoms with E-state index in [9.17, 15) is 0 Å². The van der Waals surface area contributed by atoms with Crippen LogP contribution in [0.5, 0.6) is 0 Å². The van der Waals surface area contributed by atoms with E-state index >= 15 is 0 Å². The topological polar surface area (TPSA) is 0 Å². The molecule has 2 heteroatoms. The molecular formula is C8H17BS. The monoisotopic (exact) mass is 156 g/mol. The zero-order valence-corrected chi connectivity index (χ0v) is 7.75. The fourth-order valence-electron chi connectivity index (χ4n) is 1.45. The highest BCUT2D eigenvalue weighted by atomic mass is 32.2. The van der Waals surface area contributed by atoms with Gasteiger partial charge in [0.05, 0.1) is 0 Å². The number of hydrogen-bond acceptors (Lipinski definition) is 1. The van der Waals surface area contributed by atoms with Gasteiger partial charge >= 0.3 is 0 Å². The first-order valence-electron chi connectivity index (χ1n) is 4.55. The first-order valence-corrected chi connectivity index (χ1v) is 5.60. The van der Waals surface area contributed by atoms with E-state index in [1.165, 1.54) is 44.1 Å². The summed E-state index contributed by atoms with van der Waals surface area (Å²) in [6.07, 6.45) is 8.75. The summed E-state index contributed by atoms with van der Waals surface area (Å²) in [6, 6.07) is 0. The molecule has 0 aromatic carbocycles. The van der Waals surface area contributed by atoms with Crippen molar-refractivity contribution in [1.29, 1.82) is 0 Å².